The van der Waals surface area contributed by atoms with Crippen LogP contribution < -0.4 is 4.74 Å². The van der Waals surface area contributed by atoms with Crippen molar-refractivity contribution in [3.8, 4) is 11.5 Å². The summed E-state index contributed by atoms with van der Waals surface area (Å²) in [5.41, 5.74) is 2.71. The highest BCUT2D eigenvalue weighted by Crippen LogP contribution is 2.37. The number of rotatable bonds is 7. The van der Waals surface area contributed by atoms with E-state index in [0.29, 0.717) is 23.1 Å². The first kappa shape index (κ1) is 19.4. The predicted octanol–water partition coefficient (Wildman–Crippen LogP) is 5.57. The molecule has 5 nitrogen and oxygen atoms in total. The molecule has 0 aliphatic rings. The molecule has 0 saturated heterocycles. The van der Waals surface area contributed by atoms with Crippen molar-refractivity contribution in [3.63, 3.8) is 0 Å². The summed E-state index contributed by atoms with van der Waals surface area (Å²) in [6, 6.07) is 11.4. The highest BCUT2D eigenvalue weighted by atomic mass is 79.9. The van der Waals surface area contributed by atoms with Gasteiger partial charge in [-0.15, -0.1) is 11.3 Å². The Morgan fingerprint density at radius 1 is 1.30 bits per heavy atom. The maximum atomic E-state index is 10.9. The van der Waals surface area contributed by atoms with Crippen LogP contribution >= 0.6 is 27.3 Å². The minimum Gasteiger partial charge on any atom is -0.503 e. The fourth-order valence-electron chi connectivity index (χ4n) is 2.71. The molecule has 3 aromatic rings. The predicted molar refractivity (Wildman–Crippen MR) is 111 cm³/mol. The van der Waals surface area contributed by atoms with Crippen LogP contribution in [0, 0.1) is 0 Å². The van der Waals surface area contributed by atoms with Crippen LogP contribution in [0.15, 0.2) is 40.9 Å². The van der Waals surface area contributed by atoms with Crippen LogP contribution in [-0.2, 0) is 4.79 Å². The van der Waals surface area contributed by atoms with Crippen LogP contribution in [0.1, 0.15) is 29.8 Å². The maximum Gasteiger partial charge on any atom is 0.303 e. The van der Waals surface area contributed by atoms with Gasteiger partial charge < -0.3 is 14.9 Å². The number of benzene rings is 2. The number of hydrogen-bond acceptors (Lipinski definition) is 5. The number of phenolic OH excluding ortho intramolecular Hbond substituents is 1. The Balaban J connectivity index is 2.02. The molecular weight excluding hydrogens is 430 g/mol. The van der Waals surface area contributed by atoms with Crippen LogP contribution in [0.25, 0.3) is 21.9 Å². The third-order valence-corrected chi connectivity index (χ3v) is 5.73. The number of thiazole rings is 1. The molecule has 0 unspecified atom stereocenters. The van der Waals surface area contributed by atoms with E-state index in [1.54, 1.807) is 23.5 Å². The van der Waals surface area contributed by atoms with Crippen molar-refractivity contribution < 1.29 is 19.7 Å². The molecule has 1 heterocycles. The molecule has 0 radical (unpaired) electrons. The number of aromatic hydroxyl groups is 1. The number of carboxylic acids is 1. The molecule has 0 spiro atoms. The number of carbonyl (C=O) groups is 1. The number of phenols is 1. The zero-order valence-corrected chi connectivity index (χ0v) is 17.0. The van der Waals surface area contributed by atoms with Gasteiger partial charge in [-0.2, -0.15) is 0 Å². The molecule has 0 bridgehead atoms. The lowest BCUT2D eigenvalue weighted by molar-refractivity contribution is -0.137. The van der Waals surface area contributed by atoms with Crippen LogP contribution in [0.4, 0.5) is 0 Å². The summed E-state index contributed by atoms with van der Waals surface area (Å²) in [6.45, 7) is 0. The lowest BCUT2D eigenvalue weighted by atomic mass is 10.0. The van der Waals surface area contributed by atoms with E-state index >= 15 is 0 Å². The second kappa shape index (κ2) is 8.54. The molecule has 2 aromatic carbocycles. The van der Waals surface area contributed by atoms with Gasteiger partial charge >= 0.3 is 5.97 Å². The quantitative estimate of drug-likeness (QED) is 0.494. The Kier molecular flexibility index (Phi) is 6.13. The van der Waals surface area contributed by atoms with Crippen molar-refractivity contribution in [3.05, 3.63) is 51.4 Å². The molecule has 0 aliphatic carbocycles. The third-order valence-electron chi connectivity index (χ3n) is 4.02. The summed E-state index contributed by atoms with van der Waals surface area (Å²) >= 11 is 4.92. The van der Waals surface area contributed by atoms with Crippen molar-refractivity contribution in [2.45, 2.75) is 19.3 Å². The van der Waals surface area contributed by atoms with Gasteiger partial charge in [0.2, 0.25) is 0 Å². The van der Waals surface area contributed by atoms with Crippen molar-refractivity contribution in [1.82, 2.24) is 4.98 Å². The van der Waals surface area contributed by atoms with Gasteiger partial charge in [-0.25, -0.2) is 4.98 Å². The Morgan fingerprint density at radius 2 is 2.07 bits per heavy atom. The van der Waals surface area contributed by atoms with E-state index in [0.717, 1.165) is 26.4 Å². The average Bonchev–Trinajstić information content (AvgIpc) is 3.07. The zero-order chi connectivity index (χ0) is 19.4. The van der Waals surface area contributed by atoms with E-state index in [9.17, 15) is 9.90 Å². The van der Waals surface area contributed by atoms with E-state index < -0.39 is 5.97 Å². The van der Waals surface area contributed by atoms with Gasteiger partial charge in [0.15, 0.2) is 11.5 Å². The van der Waals surface area contributed by atoms with E-state index in [1.807, 2.05) is 30.3 Å². The first-order valence-corrected chi connectivity index (χ1v) is 9.93. The molecule has 2 N–H and O–H groups in total. The lowest BCUT2D eigenvalue weighted by Crippen LogP contribution is -1.95. The number of aliphatic carboxylic acids is 1. The molecule has 0 aliphatic heterocycles. The summed E-state index contributed by atoms with van der Waals surface area (Å²) in [5, 5.41) is 19.8. The second-order valence-corrected chi connectivity index (χ2v) is 7.84. The first-order valence-electron chi connectivity index (χ1n) is 8.32. The number of allylic oxidation sites excluding steroid dienone is 1. The summed E-state index contributed by atoms with van der Waals surface area (Å²) in [7, 11) is 1.50. The highest BCUT2D eigenvalue weighted by molar-refractivity contribution is 9.10. The molecule has 27 heavy (non-hydrogen) atoms. The Morgan fingerprint density at radius 3 is 2.78 bits per heavy atom. The van der Waals surface area contributed by atoms with Gasteiger partial charge in [0.25, 0.3) is 0 Å². The van der Waals surface area contributed by atoms with Crippen LogP contribution in [0.2, 0.25) is 0 Å². The smallest absolute Gasteiger partial charge is 0.303 e. The fraction of sp³-hybridized carbons (Fsp3) is 0.200. The number of ether oxygens (including phenoxy) is 1. The zero-order valence-electron chi connectivity index (χ0n) is 14.6. The molecule has 7 heteroatoms. The first-order chi connectivity index (χ1) is 13.0. The van der Waals surface area contributed by atoms with Crippen molar-refractivity contribution >= 4 is 55.1 Å². The largest absolute Gasteiger partial charge is 0.503 e. The molecule has 0 saturated carbocycles. The molecule has 0 amide bonds. The van der Waals surface area contributed by atoms with Crippen molar-refractivity contribution in [1.29, 1.82) is 0 Å². The highest BCUT2D eigenvalue weighted by Gasteiger charge is 2.12. The number of methoxy groups -OCH3 is 1. The Hall–Kier alpha value is -2.38. The van der Waals surface area contributed by atoms with Crippen molar-refractivity contribution in [2.75, 3.05) is 7.11 Å². The number of aromatic nitrogens is 1. The van der Waals surface area contributed by atoms with Gasteiger partial charge in [-0.1, -0.05) is 12.1 Å². The number of halogens is 1. The van der Waals surface area contributed by atoms with Crippen LogP contribution in [0.3, 0.4) is 0 Å². The maximum absolute atomic E-state index is 10.9. The van der Waals surface area contributed by atoms with Crippen LogP contribution in [0.5, 0.6) is 11.5 Å². The average molecular weight is 448 g/mol. The number of hydrogen-bond donors (Lipinski definition) is 2. The van der Waals surface area contributed by atoms with E-state index in [2.05, 4.69) is 15.9 Å². The summed E-state index contributed by atoms with van der Waals surface area (Å²) < 4.78 is 6.83. The SMILES string of the molecule is COc1cc(/C=C(\CCCC(=O)O)c2nc3ccccc3s2)cc(Br)c1O. The summed E-state index contributed by atoms with van der Waals surface area (Å²) in [6.07, 6.45) is 3.18. The van der Waals surface area contributed by atoms with Gasteiger partial charge in [0.1, 0.15) is 5.01 Å². The lowest BCUT2D eigenvalue weighted by Gasteiger charge is -2.08. The Bertz CT molecular complexity index is 979. The third kappa shape index (κ3) is 4.67. The summed E-state index contributed by atoms with van der Waals surface area (Å²) in [4.78, 5) is 15.6. The number of carboxylic acid groups (broad SMARTS) is 1. The van der Waals surface area contributed by atoms with E-state index in [1.165, 1.54) is 7.11 Å². The summed E-state index contributed by atoms with van der Waals surface area (Å²) in [5.74, 6) is -0.403. The molecular formula is C20H18BrNO4S. The minimum absolute atomic E-state index is 0.0436. The monoisotopic (exact) mass is 447 g/mol. The number of para-hydroxylation sites is 1. The van der Waals surface area contributed by atoms with Gasteiger partial charge in [-0.3, -0.25) is 4.79 Å². The second-order valence-electron chi connectivity index (χ2n) is 5.96. The fourth-order valence-corrected chi connectivity index (χ4v) is 4.18. The van der Waals surface area contributed by atoms with Gasteiger partial charge in [0.05, 0.1) is 21.8 Å². The van der Waals surface area contributed by atoms with E-state index in [-0.39, 0.29) is 12.2 Å². The molecule has 0 fully saturated rings. The van der Waals surface area contributed by atoms with Crippen molar-refractivity contribution in [2.24, 2.45) is 0 Å². The Labute approximate surface area is 169 Å². The molecule has 140 valence electrons. The molecule has 0 atom stereocenters. The number of fused-ring (bicyclic) bond motifs is 1. The molecule has 1 aromatic heterocycles. The molecule has 3 rings (SSSR count). The van der Waals surface area contributed by atoms with Gasteiger partial charge in [0, 0.05) is 6.42 Å². The topological polar surface area (TPSA) is 79.7 Å². The minimum atomic E-state index is -0.812. The van der Waals surface area contributed by atoms with Crippen LogP contribution in [-0.4, -0.2) is 28.3 Å². The van der Waals surface area contributed by atoms with Gasteiger partial charge in [-0.05, 0) is 70.2 Å². The standard InChI is InChI=1S/C20H18BrNO4S/c1-26-16-11-12(10-14(21)19(16)25)9-13(5-4-8-18(23)24)20-22-15-6-2-3-7-17(15)27-20/h2-3,6-7,9-11,25H,4-5,8H2,1H3,(H,23,24)/b13-9+. The normalized spacial score (nSPS) is 11.7. The van der Waals surface area contributed by atoms with E-state index in [4.69, 9.17) is 14.8 Å². The number of nitrogens with zero attached hydrogens (tertiary/aromatic N) is 1.